The van der Waals surface area contributed by atoms with Crippen LogP contribution in [0.15, 0.2) is 78.4 Å². The first-order valence-corrected chi connectivity index (χ1v) is 10.0. The number of ether oxygens (including phenoxy) is 1. The number of nitrogens with one attached hydrogen (secondary N) is 1. The molecule has 0 aromatic heterocycles. The summed E-state index contributed by atoms with van der Waals surface area (Å²) in [5.74, 6) is -3.12. The molecule has 0 bridgehead atoms. The zero-order valence-corrected chi connectivity index (χ0v) is 17.5. The van der Waals surface area contributed by atoms with Gasteiger partial charge in [0.15, 0.2) is 0 Å². The summed E-state index contributed by atoms with van der Waals surface area (Å²) in [5.41, 5.74) is 0.910. The van der Waals surface area contributed by atoms with Crippen molar-refractivity contribution < 1.29 is 33.4 Å². The summed E-state index contributed by atoms with van der Waals surface area (Å²) in [4.78, 5) is 49.4. The molecule has 1 aliphatic heterocycles. The first kappa shape index (κ1) is 22.4. The van der Waals surface area contributed by atoms with Crippen molar-refractivity contribution in [1.82, 2.24) is 5.32 Å². The topological polar surface area (TPSA) is 113 Å². The Labute approximate surface area is 192 Å². The van der Waals surface area contributed by atoms with E-state index in [0.717, 1.165) is 6.07 Å². The fourth-order valence-electron chi connectivity index (χ4n) is 3.30. The predicted octanol–water partition coefficient (Wildman–Crippen LogP) is 3.77. The lowest BCUT2D eigenvalue weighted by molar-refractivity contribution is -0.122. The van der Waals surface area contributed by atoms with E-state index in [-0.39, 0.29) is 23.4 Å². The summed E-state index contributed by atoms with van der Waals surface area (Å²) < 4.78 is 19.5. The number of hydrogen-bond donors (Lipinski definition) is 2. The third-order valence-corrected chi connectivity index (χ3v) is 4.98. The van der Waals surface area contributed by atoms with E-state index in [9.17, 15) is 23.6 Å². The van der Waals surface area contributed by atoms with E-state index in [4.69, 9.17) is 9.84 Å². The van der Waals surface area contributed by atoms with Crippen LogP contribution in [0.1, 0.15) is 21.5 Å². The fraction of sp³-hybridized carbons (Fsp3) is 0.0400. The van der Waals surface area contributed by atoms with Crippen molar-refractivity contribution in [3.8, 4) is 5.75 Å². The highest BCUT2D eigenvalue weighted by Gasteiger charge is 2.37. The van der Waals surface area contributed by atoms with Gasteiger partial charge >= 0.3 is 12.0 Å². The second kappa shape index (κ2) is 9.37. The number of carboxylic acid groups (broad SMARTS) is 1. The monoisotopic (exact) mass is 460 g/mol. The van der Waals surface area contributed by atoms with Crippen molar-refractivity contribution in [2.45, 2.75) is 6.61 Å². The Bertz CT molecular complexity index is 1330. The average molecular weight is 460 g/mol. The van der Waals surface area contributed by atoms with Crippen molar-refractivity contribution in [3.05, 3.63) is 101 Å². The Balaban J connectivity index is 1.60. The number of barbiturate groups is 1. The number of amides is 4. The number of carbonyl (C=O) groups excluding carboxylic acids is 3. The van der Waals surface area contributed by atoms with Gasteiger partial charge in [-0.2, -0.15) is 0 Å². The Morgan fingerprint density at radius 3 is 2.44 bits per heavy atom. The van der Waals surface area contributed by atoms with E-state index in [1.54, 1.807) is 36.4 Å². The molecule has 4 amide bonds. The van der Waals surface area contributed by atoms with Gasteiger partial charge in [0.1, 0.15) is 23.7 Å². The number of imide groups is 2. The molecular weight excluding hydrogens is 443 g/mol. The summed E-state index contributed by atoms with van der Waals surface area (Å²) in [6, 6.07) is 16.7. The Hall–Kier alpha value is -4.79. The van der Waals surface area contributed by atoms with Crippen LogP contribution in [0.3, 0.4) is 0 Å². The number of carbonyl (C=O) groups is 4. The number of carboxylic acids is 1. The molecule has 0 atom stereocenters. The molecule has 170 valence electrons. The zero-order valence-electron chi connectivity index (χ0n) is 17.5. The lowest BCUT2D eigenvalue weighted by Crippen LogP contribution is -2.54. The molecule has 1 saturated heterocycles. The van der Waals surface area contributed by atoms with Gasteiger partial charge in [-0.3, -0.25) is 14.9 Å². The minimum atomic E-state index is -1.04. The Kier molecular flexibility index (Phi) is 6.18. The first-order chi connectivity index (χ1) is 16.3. The smallest absolute Gasteiger partial charge is 0.335 e. The normalized spacial score (nSPS) is 14.8. The first-order valence-electron chi connectivity index (χ1n) is 10.0. The molecule has 9 heteroatoms. The molecule has 0 saturated carbocycles. The van der Waals surface area contributed by atoms with Gasteiger partial charge in [-0.05, 0) is 48.0 Å². The van der Waals surface area contributed by atoms with E-state index in [0.29, 0.717) is 21.8 Å². The van der Waals surface area contributed by atoms with Gasteiger partial charge in [-0.1, -0.05) is 36.4 Å². The largest absolute Gasteiger partial charge is 0.488 e. The van der Waals surface area contributed by atoms with Crippen LogP contribution in [0, 0.1) is 5.82 Å². The number of hydrogen-bond acceptors (Lipinski definition) is 5. The molecule has 0 spiro atoms. The van der Waals surface area contributed by atoms with E-state index in [2.05, 4.69) is 5.32 Å². The lowest BCUT2D eigenvalue weighted by Gasteiger charge is -2.26. The zero-order chi connectivity index (χ0) is 24.2. The van der Waals surface area contributed by atoms with Crippen LogP contribution < -0.4 is 15.0 Å². The van der Waals surface area contributed by atoms with Crippen LogP contribution in [-0.4, -0.2) is 28.9 Å². The van der Waals surface area contributed by atoms with Gasteiger partial charge < -0.3 is 9.84 Å². The average Bonchev–Trinajstić information content (AvgIpc) is 2.81. The van der Waals surface area contributed by atoms with Crippen LogP contribution in [-0.2, 0) is 16.2 Å². The number of nitrogens with zero attached hydrogens (tertiary/aromatic N) is 1. The fourth-order valence-corrected chi connectivity index (χ4v) is 3.30. The minimum Gasteiger partial charge on any atom is -0.488 e. The van der Waals surface area contributed by atoms with Crippen molar-refractivity contribution in [2.24, 2.45) is 0 Å². The van der Waals surface area contributed by atoms with Crippen LogP contribution >= 0.6 is 0 Å². The van der Waals surface area contributed by atoms with Crippen molar-refractivity contribution >= 4 is 35.6 Å². The molecule has 1 heterocycles. The third-order valence-electron chi connectivity index (χ3n) is 4.98. The number of para-hydroxylation sites is 1. The maximum Gasteiger partial charge on any atom is 0.335 e. The molecule has 8 nitrogen and oxygen atoms in total. The minimum absolute atomic E-state index is 0.0183. The number of anilines is 1. The van der Waals surface area contributed by atoms with Crippen molar-refractivity contribution in [2.75, 3.05) is 4.90 Å². The quantitative estimate of drug-likeness (QED) is 0.428. The predicted molar refractivity (Wildman–Crippen MR) is 120 cm³/mol. The van der Waals surface area contributed by atoms with E-state index < -0.39 is 29.6 Å². The molecule has 1 aliphatic rings. The van der Waals surface area contributed by atoms with Gasteiger partial charge in [0.2, 0.25) is 0 Å². The van der Waals surface area contributed by atoms with E-state index >= 15 is 0 Å². The molecule has 4 rings (SSSR count). The molecular formula is C25H17FN2O6. The molecule has 1 fully saturated rings. The highest BCUT2D eigenvalue weighted by atomic mass is 19.1. The maximum absolute atomic E-state index is 13.6. The number of rotatable bonds is 6. The SMILES string of the molecule is O=C1NC(=O)N(c2cccc(F)c2)C(=O)/C1=C/c1ccccc1OCc1ccc(C(=O)O)cc1. The van der Waals surface area contributed by atoms with Crippen LogP contribution in [0.5, 0.6) is 5.75 Å². The van der Waals surface area contributed by atoms with Gasteiger partial charge in [0.25, 0.3) is 11.8 Å². The van der Waals surface area contributed by atoms with E-state index in [1.165, 1.54) is 36.4 Å². The Morgan fingerprint density at radius 2 is 1.74 bits per heavy atom. The summed E-state index contributed by atoms with van der Waals surface area (Å²) >= 11 is 0. The molecule has 0 unspecified atom stereocenters. The third kappa shape index (κ3) is 4.68. The summed E-state index contributed by atoms with van der Waals surface area (Å²) in [6.45, 7) is 0.105. The number of benzene rings is 3. The molecule has 34 heavy (non-hydrogen) atoms. The van der Waals surface area contributed by atoms with Gasteiger partial charge in [-0.25, -0.2) is 18.9 Å². The second-order valence-electron chi connectivity index (χ2n) is 7.27. The molecule has 0 aliphatic carbocycles. The highest BCUT2D eigenvalue weighted by Crippen LogP contribution is 2.26. The standard InChI is InChI=1S/C25H17FN2O6/c26-18-5-3-6-19(13-18)28-23(30)20(22(29)27-25(28)33)12-17-4-1-2-7-21(17)34-14-15-8-10-16(11-9-15)24(31)32/h1-13H,14H2,(H,31,32)(H,27,29,33)/b20-12+. The van der Waals surface area contributed by atoms with Crippen molar-refractivity contribution in [3.63, 3.8) is 0 Å². The lowest BCUT2D eigenvalue weighted by atomic mass is 10.1. The van der Waals surface area contributed by atoms with E-state index in [1.807, 2.05) is 0 Å². The molecule has 3 aromatic carbocycles. The van der Waals surface area contributed by atoms with Gasteiger partial charge in [-0.15, -0.1) is 0 Å². The van der Waals surface area contributed by atoms with Crippen LogP contribution in [0.4, 0.5) is 14.9 Å². The van der Waals surface area contributed by atoms with Crippen molar-refractivity contribution in [1.29, 1.82) is 0 Å². The van der Waals surface area contributed by atoms with Gasteiger partial charge in [0, 0.05) is 5.56 Å². The van der Waals surface area contributed by atoms with Crippen LogP contribution in [0.2, 0.25) is 0 Å². The summed E-state index contributed by atoms with van der Waals surface area (Å²) in [5, 5.41) is 11.1. The molecule has 3 aromatic rings. The van der Waals surface area contributed by atoms with Crippen LogP contribution in [0.25, 0.3) is 6.08 Å². The number of halogens is 1. The Morgan fingerprint density at radius 1 is 1.00 bits per heavy atom. The molecule has 2 N–H and O–H groups in total. The number of aromatic carboxylic acids is 1. The summed E-state index contributed by atoms with van der Waals surface area (Å²) in [7, 11) is 0. The van der Waals surface area contributed by atoms with Gasteiger partial charge in [0.05, 0.1) is 11.3 Å². The summed E-state index contributed by atoms with van der Waals surface area (Å²) in [6.07, 6.45) is 1.29. The molecule has 0 radical (unpaired) electrons. The number of urea groups is 1. The second-order valence-corrected chi connectivity index (χ2v) is 7.27. The highest BCUT2D eigenvalue weighted by molar-refractivity contribution is 6.39. The maximum atomic E-state index is 13.6.